The molecule has 3 aromatic rings. The standard InChI is InChI=1S/C27H33FN4O2S/c1-18(2)25-17-31(23-10-11-24(28)26(15-23)35(5,33)34)12-13-32(25)27-29-16-22(20(4)30-27)14-21-8-6-19(3)7-9-21/h6-11,15-16,18,25H,12-14,17H2,1-5H3/t25-/m0/s1. The largest absolute Gasteiger partial charge is 0.368 e. The van der Waals surface area contributed by atoms with Crippen LogP contribution in [0.5, 0.6) is 0 Å². The number of aryl methyl sites for hydroxylation is 2. The maximum absolute atomic E-state index is 14.1. The fraction of sp³-hybridized carbons (Fsp3) is 0.407. The van der Waals surface area contributed by atoms with Gasteiger partial charge in [0, 0.05) is 49.9 Å². The van der Waals surface area contributed by atoms with E-state index in [9.17, 15) is 12.8 Å². The lowest BCUT2D eigenvalue weighted by atomic mass is 9.99. The molecule has 0 bridgehead atoms. The highest BCUT2D eigenvalue weighted by Crippen LogP contribution is 2.28. The number of benzene rings is 2. The van der Waals surface area contributed by atoms with Crippen LogP contribution in [0.25, 0.3) is 0 Å². The fourth-order valence-corrected chi connectivity index (χ4v) is 5.31. The quantitative estimate of drug-likeness (QED) is 0.498. The van der Waals surface area contributed by atoms with Crippen molar-refractivity contribution in [2.45, 2.75) is 45.1 Å². The van der Waals surface area contributed by atoms with Crippen LogP contribution in [-0.2, 0) is 16.3 Å². The topological polar surface area (TPSA) is 66.4 Å². The van der Waals surface area contributed by atoms with Crippen LogP contribution in [0.2, 0.25) is 0 Å². The van der Waals surface area contributed by atoms with E-state index in [1.165, 1.54) is 23.3 Å². The van der Waals surface area contributed by atoms with Gasteiger partial charge in [-0.1, -0.05) is 43.7 Å². The molecule has 1 aromatic heterocycles. The van der Waals surface area contributed by atoms with Crippen LogP contribution in [0.1, 0.15) is 36.2 Å². The van der Waals surface area contributed by atoms with E-state index in [4.69, 9.17) is 9.97 Å². The molecule has 0 amide bonds. The monoisotopic (exact) mass is 496 g/mol. The highest BCUT2D eigenvalue weighted by molar-refractivity contribution is 7.90. The van der Waals surface area contributed by atoms with Crippen molar-refractivity contribution in [1.29, 1.82) is 0 Å². The Hall–Kier alpha value is -3.00. The van der Waals surface area contributed by atoms with Crippen LogP contribution < -0.4 is 9.80 Å². The Labute approximate surface area is 207 Å². The lowest BCUT2D eigenvalue weighted by Gasteiger charge is -2.44. The first kappa shape index (κ1) is 25.1. The molecule has 8 heteroatoms. The number of anilines is 2. The average Bonchev–Trinajstić information content (AvgIpc) is 2.81. The van der Waals surface area contributed by atoms with Crippen molar-refractivity contribution in [3.05, 3.63) is 76.9 Å². The Morgan fingerprint density at radius 2 is 1.80 bits per heavy atom. The van der Waals surface area contributed by atoms with Gasteiger partial charge in [0.25, 0.3) is 0 Å². The van der Waals surface area contributed by atoms with E-state index in [2.05, 4.69) is 54.8 Å². The molecule has 1 atom stereocenters. The summed E-state index contributed by atoms with van der Waals surface area (Å²) in [5, 5.41) is 0. The Morgan fingerprint density at radius 1 is 1.09 bits per heavy atom. The number of hydrogen-bond acceptors (Lipinski definition) is 6. The Balaban J connectivity index is 1.55. The van der Waals surface area contributed by atoms with Gasteiger partial charge in [0.05, 0.1) is 6.04 Å². The van der Waals surface area contributed by atoms with Crippen molar-refractivity contribution in [3.63, 3.8) is 0 Å². The molecule has 6 nitrogen and oxygen atoms in total. The van der Waals surface area contributed by atoms with Crippen LogP contribution in [0, 0.1) is 25.6 Å². The first-order valence-corrected chi connectivity index (χ1v) is 13.8. The molecule has 0 radical (unpaired) electrons. The van der Waals surface area contributed by atoms with Gasteiger partial charge in [-0.25, -0.2) is 22.8 Å². The molecule has 4 rings (SSSR count). The van der Waals surface area contributed by atoms with Crippen molar-refractivity contribution in [2.75, 3.05) is 35.7 Å². The third kappa shape index (κ3) is 5.64. The summed E-state index contributed by atoms with van der Waals surface area (Å²) in [6, 6.07) is 13.0. The zero-order valence-corrected chi connectivity index (χ0v) is 21.8. The zero-order chi connectivity index (χ0) is 25.3. The maximum Gasteiger partial charge on any atom is 0.225 e. The molecule has 0 saturated carbocycles. The van der Waals surface area contributed by atoms with E-state index in [0.717, 1.165) is 23.9 Å². The number of piperazine rings is 1. The number of sulfone groups is 1. The second-order valence-electron chi connectivity index (χ2n) is 9.78. The molecule has 0 aliphatic carbocycles. The van der Waals surface area contributed by atoms with Gasteiger partial charge < -0.3 is 9.80 Å². The minimum atomic E-state index is -3.64. The number of rotatable bonds is 6. The number of aromatic nitrogens is 2. The smallest absolute Gasteiger partial charge is 0.225 e. The SMILES string of the molecule is Cc1ccc(Cc2cnc(N3CCN(c4ccc(F)c(S(C)(=O)=O)c4)C[C@H]3C(C)C)nc2C)cc1. The summed E-state index contributed by atoms with van der Waals surface area (Å²) >= 11 is 0. The molecule has 2 aromatic carbocycles. The Bertz CT molecular complexity index is 1310. The van der Waals surface area contributed by atoms with E-state index in [1.54, 1.807) is 6.07 Å². The highest BCUT2D eigenvalue weighted by Gasteiger charge is 2.32. The van der Waals surface area contributed by atoms with Crippen molar-refractivity contribution in [3.8, 4) is 0 Å². The van der Waals surface area contributed by atoms with Gasteiger partial charge in [0.2, 0.25) is 5.95 Å². The first-order chi connectivity index (χ1) is 16.5. The molecule has 0 spiro atoms. The molecule has 35 heavy (non-hydrogen) atoms. The van der Waals surface area contributed by atoms with Crippen molar-refractivity contribution in [1.82, 2.24) is 9.97 Å². The number of halogens is 1. The Kier molecular flexibility index (Phi) is 7.12. The summed E-state index contributed by atoms with van der Waals surface area (Å²) < 4.78 is 38.1. The lowest BCUT2D eigenvalue weighted by molar-refractivity contribution is 0.413. The predicted octanol–water partition coefficient (Wildman–Crippen LogP) is 4.58. The fourth-order valence-electron chi connectivity index (χ4n) is 4.55. The highest BCUT2D eigenvalue weighted by atomic mass is 32.2. The molecule has 2 heterocycles. The summed E-state index contributed by atoms with van der Waals surface area (Å²) in [7, 11) is -3.64. The molecule has 0 unspecified atom stereocenters. The molecular formula is C27H33FN4O2S. The summed E-state index contributed by atoms with van der Waals surface area (Å²) in [4.78, 5) is 13.7. The molecule has 1 fully saturated rings. The molecule has 1 aliphatic heterocycles. The minimum Gasteiger partial charge on any atom is -0.368 e. The van der Waals surface area contributed by atoms with Crippen molar-refractivity contribution >= 4 is 21.5 Å². The third-order valence-corrected chi connectivity index (χ3v) is 7.82. The van der Waals surface area contributed by atoms with Crippen LogP contribution in [0.3, 0.4) is 0 Å². The molecular weight excluding hydrogens is 463 g/mol. The van der Waals surface area contributed by atoms with E-state index in [1.807, 2.05) is 13.1 Å². The summed E-state index contributed by atoms with van der Waals surface area (Å²) in [5.74, 6) is 0.304. The van der Waals surface area contributed by atoms with Crippen molar-refractivity contribution in [2.24, 2.45) is 5.92 Å². The summed E-state index contributed by atoms with van der Waals surface area (Å²) in [6.45, 7) is 10.4. The van der Waals surface area contributed by atoms with Crippen LogP contribution in [0.4, 0.5) is 16.0 Å². The second-order valence-corrected chi connectivity index (χ2v) is 11.8. The zero-order valence-electron chi connectivity index (χ0n) is 21.0. The normalized spacial score (nSPS) is 16.7. The number of nitrogens with zero attached hydrogens (tertiary/aromatic N) is 4. The molecule has 186 valence electrons. The Morgan fingerprint density at radius 3 is 2.43 bits per heavy atom. The van der Waals surface area contributed by atoms with Gasteiger partial charge in [0.15, 0.2) is 9.84 Å². The van der Waals surface area contributed by atoms with E-state index in [-0.39, 0.29) is 10.9 Å². The van der Waals surface area contributed by atoms with E-state index >= 15 is 0 Å². The van der Waals surface area contributed by atoms with Gasteiger partial charge >= 0.3 is 0 Å². The van der Waals surface area contributed by atoms with Gasteiger partial charge in [-0.3, -0.25) is 0 Å². The van der Waals surface area contributed by atoms with Gasteiger partial charge in [0.1, 0.15) is 10.7 Å². The van der Waals surface area contributed by atoms with Crippen LogP contribution >= 0.6 is 0 Å². The maximum atomic E-state index is 14.1. The van der Waals surface area contributed by atoms with Crippen LogP contribution in [-0.4, -0.2) is 50.3 Å². The molecule has 0 N–H and O–H groups in total. The third-order valence-electron chi connectivity index (χ3n) is 6.71. The molecule has 1 aliphatic rings. The number of hydrogen-bond donors (Lipinski definition) is 0. The second kappa shape index (κ2) is 9.93. The van der Waals surface area contributed by atoms with E-state index in [0.29, 0.717) is 37.2 Å². The van der Waals surface area contributed by atoms with E-state index < -0.39 is 15.7 Å². The summed E-state index contributed by atoms with van der Waals surface area (Å²) in [6.07, 6.45) is 3.76. The minimum absolute atomic E-state index is 0.123. The first-order valence-electron chi connectivity index (χ1n) is 11.9. The molecule has 1 saturated heterocycles. The average molecular weight is 497 g/mol. The van der Waals surface area contributed by atoms with Crippen LogP contribution in [0.15, 0.2) is 53.6 Å². The van der Waals surface area contributed by atoms with Gasteiger partial charge in [-0.05, 0) is 49.1 Å². The lowest BCUT2D eigenvalue weighted by Crippen LogP contribution is -2.56. The van der Waals surface area contributed by atoms with Gasteiger partial charge in [-0.2, -0.15) is 0 Å². The van der Waals surface area contributed by atoms with Gasteiger partial charge in [-0.15, -0.1) is 0 Å². The predicted molar refractivity (Wildman–Crippen MR) is 138 cm³/mol. The van der Waals surface area contributed by atoms with Crippen molar-refractivity contribution < 1.29 is 12.8 Å². The summed E-state index contributed by atoms with van der Waals surface area (Å²) in [5.41, 5.74) is 5.26.